The molecule has 0 unspecified atom stereocenters. The molecule has 8 heteroatoms. The molecule has 4 aromatic rings. The maximum atomic E-state index is 12.8. The molecular formula is C26H25F3N4O. The number of unbranched alkanes of at least 4 members (excludes halogenated alkanes) is 1. The lowest BCUT2D eigenvalue weighted by molar-refractivity contribution is -0.137. The van der Waals surface area contributed by atoms with Crippen LogP contribution in [-0.4, -0.2) is 20.0 Å². The molecule has 0 aliphatic carbocycles. The predicted octanol–water partition coefficient (Wildman–Crippen LogP) is 6.27. The number of ether oxygens (including phenoxy) is 1. The third-order valence-corrected chi connectivity index (χ3v) is 5.61. The zero-order valence-corrected chi connectivity index (χ0v) is 18.8. The minimum atomic E-state index is -4.35. The van der Waals surface area contributed by atoms with Crippen molar-refractivity contribution in [3.63, 3.8) is 0 Å². The Labute approximate surface area is 196 Å². The van der Waals surface area contributed by atoms with Gasteiger partial charge in [0.05, 0.1) is 17.5 Å². The average Bonchev–Trinajstić information content (AvgIpc) is 3.35. The van der Waals surface area contributed by atoms with Crippen molar-refractivity contribution in [3.8, 4) is 17.0 Å². The Balaban J connectivity index is 1.32. The normalized spacial score (nSPS) is 11.5. The first-order chi connectivity index (χ1) is 16.4. The highest BCUT2D eigenvalue weighted by atomic mass is 19.4. The van der Waals surface area contributed by atoms with Gasteiger partial charge < -0.3 is 4.74 Å². The number of aromatic nitrogens is 4. The van der Waals surface area contributed by atoms with Crippen molar-refractivity contribution >= 4 is 0 Å². The average molecular weight is 467 g/mol. The lowest BCUT2D eigenvalue weighted by Crippen LogP contribution is -2.04. The number of hydrogen-bond donors (Lipinski definition) is 0. The molecule has 0 aliphatic heterocycles. The molecule has 0 aliphatic rings. The van der Waals surface area contributed by atoms with Crippen LogP contribution in [0, 0.1) is 6.92 Å². The molecule has 2 heterocycles. The van der Waals surface area contributed by atoms with Gasteiger partial charge in [0.25, 0.3) is 0 Å². The lowest BCUT2D eigenvalue weighted by Gasteiger charge is -2.11. The van der Waals surface area contributed by atoms with Gasteiger partial charge in [-0.3, -0.25) is 9.67 Å². The topological polar surface area (TPSA) is 52.8 Å². The van der Waals surface area contributed by atoms with Gasteiger partial charge in [0.2, 0.25) is 0 Å². The monoisotopic (exact) mass is 466 g/mol. The predicted molar refractivity (Wildman–Crippen MR) is 123 cm³/mol. The van der Waals surface area contributed by atoms with Gasteiger partial charge in [-0.15, -0.1) is 5.10 Å². The summed E-state index contributed by atoms with van der Waals surface area (Å²) in [4.78, 5) is 4.29. The Bertz CT molecular complexity index is 1210. The van der Waals surface area contributed by atoms with E-state index in [4.69, 9.17) is 4.74 Å². The molecule has 34 heavy (non-hydrogen) atoms. The van der Waals surface area contributed by atoms with Crippen molar-refractivity contribution in [2.24, 2.45) is 0 Å². The number of pyridine rings is 1. The van der Waals surface area contributed by atoms with Gasteiger partial charge in [0, 0.05) is 24.5 Å². The minimum absolute atomic E-state index is 0.340. The van der Waals surface area contributed by atoms with Gasteiger partial charge in [-0.2, -0.15) is 13.2 Å². The van der Waals surface area contributed by atoms with E-state index in [-0.39, 0.29) is 0 Å². The quantitative estimate of drug-likeness (QED) is 0.273. The molecule has 0 N–H and O–H groups in total. The van der Waals surface area contributed by atoms with Crippen LogP contribution >= 0.6 is 0 Å². The first-order valence-corrected chi connectivity index (χ1v) is 11.1. The van der Waals surface area contributed by atoms with Crippen LogP contribution in [-0.2, 0) is 25.7 Å². The number of aryl methyl sites for hydroxylation is 3. The molecule has 176 valence electrons. The second kappa shape index (κ2) is 10.5. The summed E-state index contributed by atoms with van der Waals surface area (Å²) in [6.45, 7) is 3.28. The van der Waals surface area contributed by atoms with Crippen molar-refractivity contribution in [3.05, 3.63) is 95.4 Å². The van der Waals surface area contributed by atoms with Crippen molar-refractivity contribution in [2.75, 3.05) is 0 Å². The second-order valence-corrected chi connectivity index (χ2v) is 8.12. The van der Waals surface area contributed by atoms with Gasteiger partial charge >= 0.3 is 6.18 Å². The Morgan fingerprint density at radius 1 is 0.941 bits per heavy atom. The van der Waals surface area contributed by atoms with Gasteiger partial charge in [0.1, 0.15) is 12.4 Å². The summed E-state index contributed by atoms with van der Waals surface area (Å²) in [6, 6.07) is 14.8. The second-order valence-electron chi connectivity index (χ2n) is 8.12. The van der Waals surface area contributed by atoms with E-state index in [0.717, 1.165) is 49.3 Å². The van der Waals surface area contributed by atoms with E-state index in [0.29, 0.717) is 17.9 Å². The SMILES string of the molecule is Cc1cc(OCc2ccnc(-c3ccc(C(F)(F)F)cc3)c2)ccc1CCCCn1ccnn1. The highest BCUT2D eigenvalue weighted by Crippen LogP contribution is 2.30. The van der Waals surface area contributed by atoms with Crippen molar-refractivity contribution in [1.29, 1.82) is 0 Å². The van der Waals surface area contributed by atoms with Crippen LogP contribution in [0.1, 0.15) is 35.1 Å². The molecule has 0 bridgehead atoms. The van der Waals surface area contributed by atoms with Crippen molar-refractivity contribution in [1.82, 2.24) is 20.0 Å². The highest BCUT2D eigenvalue weighted by Gasteiger charge is 2.30. The van der Waals surface area contributed by atoms with Crippen LogP contribution in [0.5, 0.6) is 5.75 Å². The van der Waals surface area contributed by atoms with E-state index in [9.17, 15) is 13.2 Å². The van der Waals surface area contributed by atoms with Crippen LogP contribution in [0.4, 0.5) is 13.2 Å². The fourth-order valence-electron chi connectivity index (χ4n) is 3.70. The Kier molecular flexibility index (Phi) is 7.25. The summed E-state index contributed by atoms with van der Waals surface area (Å²) >= 11 is 0. The molecule has 2 aromatic heterocycles. The van der Waals surface area contributed by atoms with Gasteiger partial charge in [-0.25, -0.2) is 0 Å². The molecule has 2 aromatic carbocycles. The van der Waals surface area contributed by atoms with E-state index >= 15 is 0 Å². The zero-order chi connectivity index (χ0) is 24.0. The van der Waals surface area contributed by atoms with Crippen molar-refractivity contribution < 1.29 is 17.9 Å². The van der Waals surface area contributed by atoms with Crippen LogP contribution < -0.4 is 4.74 Å². The fourth-order valence-corrected chi connectivity index (χ4v) is 3.70. The number of hydrogen-bond acceptors (Lipinski definition) is 4. The summed E-state index contributed by atoms with van der Waals surface area (Å²) in [5, 5.41) is 7.79. The maximum absolute atomic E-state index is 12.8. The molecule has 0 radical (unpaired) electrons. The van der Waals surface area contributed by atoms with Crippen molar-refractivity contribution in [2.45, 2.75) is 45.5 Å². The third-order valence-electron chi connectivity index (χ3n) is 5.61. The minimum Gasteiger partial charge on any atom is -0.489 e. The molecule has 0 atom stereocenters. The fraction of sp³-hybridized carbons (Fsp3) is 0.269. The number of nitrogens with zero attached hydrogens (tertiary/aromatic N) is 4. The summed E-state index contributed by atoms with van der Waals surface area (Å²) in [7, 11) is 0. The Hall–Kier alpha value is -3.68. The molecule has 0 amide bonds. The smallest absolute Gasteiger partial charge is 0.416 e. The lowest BCUT2D eigenvalue weighted by atomic mass is 10.0. The van der Waals surface area contributed by atoms with Gasteiger partial charge in [0.15, 0.2) is 0 Å². The zero-order valence-electron chi connectivity index (χ0n) is 18.8. The first kappa shape index (κ1) is 23.5. The molecule has 0 saturated carbocycles. The summed E-state index contributed by atoms with van der Waals surface area (Å²) in [5.41, 5.74) is 3.91. The molecule has 0 fully saturated rings. The van der Waals surface area contributed by atoms with Crippen LogP contribution in [0.3, 0.4) is 0 Å². The molecular weight excluding hydrogens is 441 g/mol. The summed E-state index contributed by atoms with van der Waals surface area (Å²) in [5.74, 6) is 0.775. The molecule has 5 nitrogen and oxygen atoms in total. The molecule has 0 saturated heterocycles. The van der Waals surface area contributed by atoms with E-state index in [2.05, 4.69) is 28.3 Å². The standard InChI is InChI=1S/C26H25F3N4O/c1-19-16-24(10-7-21(19)4-2-3-14-33-15-13-31-32-33)34-18-20-11-12-30-25(17-20)22-5-8-23(9-6-22)26(27,28)29/h5-13,15-17H,2-4,14,18H2,1H3. The number of halogens is 3. The van der Waals surface area contributed by atoms with E-state index in [1.54, 1.807) is 12.4 Å². The Morgan fingerprint density at radius 2 is 1.76 bits per heavy atom. The Morgan fingerprint density at radius 3 is 2.47 bits per heavy atom. The van der Waals surface area contributed by atoms with E-state index < -0.39 is 11.7 Å². The third kappa shape index (κ3) is 6.21. The largest absolute Gasteiger partial charge is 0.489 e. The van der Waals surface area contributed by atoms with Crippen LogP contribution in [0.2, 0.25) is 0 Å². The summed E-state index contributed by atoms with van der Waals surface area (Å²) in [6.07, 6.45) is 3.92. The van der Waals surface area contributed by atoms with E-state index in [1.165, 1.54) is 23.3 Å². The van der Waals surface area contributed by atoms with Crippen LogP contribution in [0.25, 0.3) is 11.3 Å². The van der Waals surface area contributed by atoms with Crippen LogP contribution in [0.15, 0.2) is 73.2 Å². The van der Waals surface area contributed by atoms with Gasteiger partial charge in [-0.05, 0) is 79.3 Å². The van der Waals surface area contributed by atoms with Gasteiger partial charge in [-0.1, -0.05) is 23.4 Å². The molecule has 0 spiro atoms. The molecule has 4 rings (SSSR count). The number of benzene rings is 2. The summed E-state index contributed by atoms with van der Waals surface area (Å²) < 4.78 is 46.2. The number of rotatable bonds is 9. The maximum Gasteiger partial charge on any atom is 0.416 e. The highest BCUT2D eigenvalue weighted by molar-refractivity contribution is 5.60. The van der Waals surface area contributed by atoms with E-state index in [1.807, 2.05) is 35.1 Å². The number of alkyl halides is 3. The first-order valence-electron chi connectivity index (χ1n) is 11.1.